The molecule has 2 heterocycles. The number of esters is 1. The number of hydrogen-bond donors (Lipinski definition) is 0. The van der Waals surface area contributed by atoms with E-state index in [-0.39, 0.29) is 0 Å². The van der Waals surface area contributed by atoms with Crippen molar-refractivity contribution in [2.75, 3.05) is 6.61 Å². The molecule has 0 atom stereocenters. The van der Waals surface area contributed by atoms with Gasteiger partial charge in [0.2, 0.25) is 11.8 Å². The third-order valence-corrected chi connectivity index (χ3v) is 7.62. The van der Waals surface area contributed by atoms with Crippen molar-refractivity contribution < 1.29 is 23.1 Å². The number of carbonyl (C=O) groups excluding carboxylic acids is 1. The third-order valence-electron chi connectivity index (χ3n) is 7.62. The monoisotopic (exact) mass is 607 g/mol. The molecule has 0 aliphatic heterocycles. The lowest BCUT2D eigenvalue weighted by Gasteiger charge is -2.27. The van der Waals surface area contributed by atoms with E-state index in [4.69, 9.17) is 28.3 Å². The van der Waals surface area contributed by atoms with Crippen LogP contribution in [0, 0.1) is 27.7 Å². The average molecular weight is 608 g/mol. The SMILES string of the molecule is CCOC(=O)C(C)(C)Oc1c(C)cc(CN(Cc2nc(-c3ccccc3)oc2C)Cc2nc(-c3ccccc3)oc2C)cc1C. The summed E-state index contributed by atoms with van der Waals surface area (Å²) in [6.45, 7) is 15.2. The molecule has 0 spiro atoms. The summed E-state index contributed by atoms with van der Waals surface area (Å²) < 4.78 is 23.6. The van der Waals surface area contributed by atoms with Gasteiger partial charge in [-0.25, -0.2) is 14.8 Å². The van der Waals surface area contributed by atoms with Crippen LogP contribution in [-0.2, 0) is 29.2 Å². The molecule has 8 heteroatoms. The number of aryl methyl sites for hydroxylation is 4. The Kier molecular flexibility index (Phi) is 9.54. The van der Waals surface area contributed by atoms with Gasteiger partial charge in [0.25, 0.3) is 0 Å². The lowest BCUT2D eigenvalue weighted by atomic mass is 10.0. The third kappa shape index (κ3) is 7.52. The second-order valence-corrected chi connectivity index (χ2v) is 11.8. The van der Waals surface area contributed by atoms with E-state index in [0.717, 1.165) is 50.7 Å². The summed E-state index contributed by atoms with van der Waals surface area (Å²) in [7, 11) is 0. The van der Waals surface area contributed by atoms with Crippen molar-refractivity contribution in [1.82, 2.24) is 14.9 Å². The van der Waals surface area contributed by atoms with Gasteiger partial charge in [-0.3, -0.25) is 4.90 Å². The molecule has 0 N–H and O–H groups in total. The highest BCUT2D eigenvalue weighted by Crippen LogP contribution is 2.31. The minimum atomic E-state index is -1.11. The van der Waals surface area contributed by atoms with Crippen molar-refractivity contribution >= 4 is 5.97 Å². The number of ether oxygens (including phenoxy) is 2. The predicted octanol–water partition coefficient (Wildman–Crippen LogP) is 8.15. The summed E-state index contributed by atoms with van der Waals surface area (Å²) in [4.78, 5) is 24.6. The number of nitrogens with zero attached hydrogens (tertiary/aromatic N) is 3. The molecule has 234 valence electrons. The number of rotatable bonds is 12. The molecule has 2 aromatic heterocycles. The van der Waals surface area contributed by atoms with Crippen molar-refractivity contribution in [3.63, 3.8) is 0 Å². The maximum Gasteiger partial charge on any atom is 0.349 e. The number of hydrogen-bond acceptors (Lipinski definition) is 8. The van der Waals surface area contributed by atoms with Crippen LogP contribution >= 0.6 is 0 Å². The normalized spacial score (nSPS) is 11.6. The summed E-state index contributed by atoms with van der Waals surface area (Å²) in [5, 5.41) is 0. The second kappa shape index (κ2) is 13.5. The lowest BCUT2D eigenvalue weighted by Crippen LogP contribution is -2.40. The summed E-state index contributed by atoms with van der Waals surface area (Å²) in [5.74, 6) is 3.04. The first kappa shape index (κ1) is 31.7. The van der Waals surface area contributed by atoms with E-state index in [9.17, 15) is 4.79 Å². The van der Waals surface area contributed by atoms with E-state index in [1.165, 1.54) is 0 Å². The van der Waals surface area contributed by atoms with Crippen molar-refractivity contribution in [1.29, 1.82) is 0 Å². The van der Waals surface area contributed by atoms with Gasteiger partial charge in [0.15, 0.2) is 5.60 Å². The molecule has 3 aromatic carbocycles. The minimum Gasteiger partial charge on any atom is -0.476 e. The fourth-order valence-electron chi connectivity index (χ4n) is 5.30. The van der Waals surface area contributed by atoms with Crippen LogP contribution in [-0.4, -0.2) is 33.0 Å². The zero-order chi connectivity index (χ0) is 32.1. The van der Waals surface area contributed by atoms with Crippen LogP contribution in [0.25, 0.3) is 22.9 Å². The van der Waals surface area contributed by atoms with E-state index < -0.39 is 11.6 Å². The largest absolute Gasteiger partial charge is 0.476 e. The van der Waals surface area contributed by atoms with Crippen LogP contribution in [0.5, 0.6) is 5.75 Å². The summed E-state index contributed by atoms with van der Waals surface area (Å²) >= 11 is 0. The van der Waals surface area contributed by atoms with E-state index in [1.54, 1.807) is 20.8 Å². The van der Waals surface area contributed by atoms with Gasteiger partial charge in [0, 0.05) is 30.8 Å². The van der Waals surface area contributed by atoms with Crippen LogP contribution in [0.1, 0.15) is 60.4 Å². The van der Waals surface area contributed by atoms with Crippen molar-refractivity contribution in [3.05, 3.63) is 112 Å². The van der Waals surface area contributed by atoms with Crippen molar-refractivity contribution in [3.8, 4) is 28.7 Å². The fraction of sp³-hybridized carbons (Fsp3) is 0.324. The maximum absolute atomic E-state index is 12.5. The molecule has 0 saturated carbocycles. The van der Waals surface area contributed by atoms with Gasteiger partial charge in [-0.15, -0.1) is 0 Å². The zero-order valence-electron chi connectivity index (χ0n) is 27.1. The number of oxazole rings is 2. The molecule has 0 bridgehead atoms. The van der Waals surface area contributed by atoms with Gasteiger partial charge in [0.05, 0.1) is 18.0 Å². The highest BCUT2D eigenvalue weighted by Gasteiger charge is 2.32. The molecule has 0 unspecified atom stereocenters. The van der Waals surface area contributed by atoms with Crippen molar-refractivity contribution in [2.45, 2.75) is 73.7 Å². The number of benzene rings is 3. The van der Waals surface area contributed by atoms with Gasteiger partial charge < -0.3 is 18.3 Å². The Hall–Kier alpha value is -4.69. The van der Waals surface area contributed by atoms with E-state index in [2.05, 4.69) is 17.0 Å². The molecule has 0 saturated heterocycles. The Morgan fingerprint density at radius 1 is 0.756 bits per heavy atom. The molecule has 5 rings (SSSR count). The molecule has 0 fully saturated rings. The molecule has 45 heavy (non-hydrogen) atoms. The molecule has 5 aromatic rings. The Balaban J connectivity index is 1.44. The topological polar surface area (TPSA) is 90.8 Å². The number of aromatic nitrogens is 2. The summed E-state index contributed by atoms with van der Waals surface area (Å²) in [6, 6.07) is 24.0. The highest BCUT2D eigenvalue weighted by molar-refractivity contribution is 5.79. The van der Waals surface area contributed by atoms with Crippen molar-refractivity contribution in [2.24, 2.45) is 0 Å². The fourth-order valence-corrected chi connectivity index (χ4v) is 5.30. The Morgan fingerprint density at radius 2 is 1.22 bits per heavy atom. The lowest BCUT2D eigenvalue weighted by molar-refractivity contribution is -0.158. The minimum absolute atomic E-state index is 0.300. The van der Waals surface area contributed by atoms with Gasteiger partial charge in [0.1, 0.15) is 17.3 Å². The Labute approximate surface area is 265 Å². The molecule has 8 nitrogen and oxygen atoms in total. The molecule has 0 radical (unpaired) electrons. The first-order valence-corrected chi connectivity index (χ1v) is 15.3. The molecule has 0 aliphatic carbocycles. The predicted molar refractivity (Wildman–Crippen MR) is 174 cm³/mol. The van der Waals surface area contributed by atoms with Gasteiger partial charge in [-0.1, -0.05) is 48.5 Å². The van der Waals surface area contributed by atoms with E-state index >= 15 is 0 Å². The molecular formula is C37H41N3O5. The van der Waals surface area contributed by atoms with Crippen LogP contribution in [0.2, 0.25) is 0 Å². The van der Waals surface area contributed by atoms with Crippen LogP contribution in [0.4, 0.5) is 0 Å². The molecule has 0 amide bonds. The Bertz CT molecular complexity index is 1650. The first-order chi connectivity index (χ1) is 21.5. The maximum atomic E-state index is 12.5. The summed E-state index contributed by atoms with van der Waals surface area (Å²) in [5.41, 5.74) is 5.47. The Morgan fingerprint density at radius 3 is 1.67 bits per heavy atom. The van der Waals surface area contributed by atoms with E-state index in [0.29, 0.717) is 43.8 Å². The average Bonchev–Trinajstić information content (AvgIpc) is 3.57. The van der Waals surface area contributed by atoms with E-state index in [1.807, 2.05) is 88.4 Å². The zero-order valence-corrected chi connectivity index (χ0v) is 27.1. The molecule has 0 aliphatic rings. The first-order valence-electron chi connectivity index (χ1n) is 15.3. The standard InChI is InChI=1S/C37H41N3O5/c1-8-42-36(41)37(6,7)45-33-24(2)19-28(20-25(33)3)21-40(22-31-26(4)43-34(38-31)29-15-11-9-12-16-29)23-32-27(5)44-35(39-32)30-17-13-10-14-18-30/h9-20H,8,21-23H2,1-7H3. The van der Waals surface area contributed by atoms with Crippen LogP contribution < -0.4 is 4.74 Å². The quantitative estimate of drug-likeness (QED) is 0.131. The second-order valence-electron chi connectivity index (χ2n) is 11.8. The number of carbonyl (C=O) groups is 1. The smallest absolute Gasteiger partial charge is 0.349 e. The van der Waals surface area contributed by atoms with Gasteiger partial charge >= 0.3 is 5.97 Å². The highest BCUT2D eigenvalue weighted by atomic mass is 16.6. The summed E-state index contributed by atoms with van der Waals surface area (Å²) in [6.07, 6.45) is 0. The van der Waals surface area contributed by atoms with Crippen LogP contribution in [0.3, 0.4) is 0 Å². The van der Waals surface area contributed by atoms with Gasteiger partial charge in [-0.2, -0.15) is 0 Å². The van der Waals surface area contributed by atoms with Gasteiger partial charge in [-0.05, 0) is 89.4 Å². The molecular weight excluding hydrogens is 566 g/mol. The van der Waals surface area contributed by atoms with Crippen LogP contribution in [0.15, 0.2) is 81.6 Å².